The Morgan fingerprint density at radius 2 is 2.15 bits per heavy atom. The summed E-state index contributed by atoms with van der Waals surface area (Å²) in [6, 6.07) is 0. The van der Waals surface area contributed by atoms with Crippen LogP contribution in [0.15, 0.2) is 0 Å². The van der Waals surface area contributed by atoms with E-state index in [1.54, 1.807) is 0 Å². The largest absolute Gasteiger partial charge is 0.360 e. The van der Waals surface area contributed by atoms with E-state index in [9.17, 15) is 0 Å². The van der Waals surface area contributed by atoms with Crippen LogP contribution in [0, 0.1) is 6.92 Å². The molecule has 0 aliphatic rings. The Balaban J connectivity index is 2.06. The minimum Gasteiger partial charge on any atom is -0.360 e. The number of rotatable bonds is 6. The van der Waals surface area contributed by atoms with Gasteiger partial charge in [0.25, 0.3) is 0 Å². The molecule has 1 heterocycles. The number of nitrogens with one attached hydrogen (secondary N) is 1. The van der Waals surface area contributed by atoms with Crippen LogP contribution < -0.4 is 5.32 Å². The van der Waals surface area contributed by atoms with Crippen LogP contribution in [-0.4, -0.2) is 15.9 Å². The van der Waals surface area contributed by atoms with E-state index in [0.717, 1.165) is 17.5 Å². The second-order valence-electron chi connectivity index (χ2n) is 3.13. The average Bonchev–Trinajstić information content (AvgIpc) is 2.51. The second kappa shape index (κ2) is 5.91. The quantitative estimate of drug-likeness (QED) is 0.716. The van der Waals surface area contributed by atoms with Gasteiger partial charge in [0.15, 0.2) is 0 Å². The summed E-state index contributed by atoms with van der Waals surface area (Å²) in [6.07, 6.45) is 5.16. The van der Waals surface area contributed by atoms with Gasteiger partial charge < -0.3 is 5.32 Å². The highest BCUT2D eigenvalue weighted by Crippen LogP contribution is 2.10. The van der Waals surface area contributed by atoms with E-state index in [1.807, 2.05) is 6.92 Å². The predicted molar refractivity (Wildman–Crippen MR) is 57.3 cm³/mol. The first-order chi connectivity index (χ1) is 6.33. The van der Waals surface area contributed by atoms with Gasteiger partial charge in [-0.05, 0) is 13.3 Å². The van der Waals surface area contributed by atoms with Crippen LogP contribution in [0.4, 0.5) is 5.13 Å². The summed E-state index contributed by atoms with van der Waals surface area (Å²) in [5.74, 6) is 0.862. The van der Waals surface area contributed by atoms with Crippen LogP contribution in [0.1, 0.15) is 38.4 Å². The van der Waals surface area contributed by atoms with Crippen LogP contribution in [0.2, 0.25) is 0 Å². The van der Waals surface area contributed by atoms with E-state index in [-0.39, 0.29) is 0 Å². The second-order valence-corrected chi connectivity index (χ2v) is 3.89. The lowest BCUT2D eigenvalue weighted by Crippen LogP contribution is -2.00. The van der Waals surface area contributed by atoms with Gasteiger partial charge in [0, 0.05) is 18.1 Å². The lowest BCUT2D eigenvalue weighted by atomic mass is 10.2. The third kappa shape index (κ3) is 4.22. The fourth-order valence-electron chi connectivity index (χ4n) is 1.12. The lowest BCUT2D eigenvalue weighted by Gasteiger charge is -2.00. The summed E-state index contributed by atoms with van der Waals surface area (Å²) in [4.78, 5) is 4.22. The van der Waals surface area contributed by atoms with Crippen LogP contribution in [0.25, 0.3) is 0 Å². The van der Waals surface area contributed by atoms with Gasteiger partial charge in [-0.25, -0.2) is 4.98 Å². The Labute approximate surface area is 83.8 Å². The molecular weight excluding hydrogens is 182 g/mol. The number of unbranched alkanes of at least 4 members (excludes halogenated alkanes) is 3. The number of nitrogens with zero attached hydrogens (tertiary/aromatic N) is 2. The fraction of sp³-hybridized carbons (Fsp3) is 0.778. The van der Waals surface area contributed by atoms with Crippen LogP contribution in [0.3, 0.4) is 0 Å². The zero-order chi connectivity index (χ0) is 9.52. The maximum absolute atomic E-state index is 4.22. The minimum absolute atomic E-state index is 0.862. The first-order valence-electron chi connectivity index (χ1n) is 4.87. The van der Waals surface area contributed by atoms with Crippen molar-refractivity contribution >= 4 is 16.7 Å². The Hall–Kier alpha value is -0.640. The molecule has 0 spiro atoms. The molecule has 1 aromatic heterocycles. The molecule has 0 radical (unpaired) electrons. The summed E-state index contributed by atoms with van der Waals surface area (Å²) < 4.78 is 4.10. The van der Waals surface area contributed by atoms with Gasteiger partial charge in [0.2, 0.25) is 5.13 Å². The summed E-state index contributed by atoms with van der Waals surface area (Å²) in [6.45, 7) is 5.16. The highest BCUT2D eigenvalue weighted by molar-refractivity contribution is 7.09. The molecule has 0 saturated heterocycles. The van der Waals surface area contributed by atoms with E-state index in [2.05, 4.69) is 21.6 Å². The Morgan fingerprint density at radius 3 is 2.77 bits per heavy atom. The molecule has 0 atom stereocenters. The summed E-state index contributed by atoms with van der Waals surface area (Å²) in [7, 11) is 0. The summed E-state index contributed by atoms with van der Waals surface area (Å²) in [5.41, 5.74) is 0. The number of hydrogen-bond donors (Lipinski definition) is 1. The van der Waals surface area contributed by atoms with Crippen molar-refractivity contribution in [3.05, 3.63) is 5.82 Å². The van der Waals surface area contributed by atoms with Gasteiger partial charge in [-0.3, -0.25) is 0 Å². The number of aromatic nitrogens is 2. The molecule has 0 saturated carbocycles. The lowest BCUT2D eigenvalue weighted by molar-refractivity contribution is 0.685. The normalized spacial score (nSPS) is 10.3. The van der Waals surface area contributed by atoms with E-state index in [4.69, 9.17) is 0 Å². The molecule has 1 rings (SSSR count). The van der Waals surface area contributed by atoms with E-state index >= 15 is 0 Å². The first-order valence-corrected chi connectivity index (χ1v) is 5.64. The standard InChI is InChI=1S/C9H17N3S/c1-3-4-5-6-7-10-9-11-8(2)12-13-9/h3-7H2,1-2H3,(H,10,11,12). The SMILES string of the molecule is CCCCCCNc1nc(C)ns1. The van der Waals surface area contributed by atoms with Crippen molar-refractivity contribution in [1.82, 2.24) is 9.36 Å². The Bertz CT molecular complexity index is 235. The van der Waals surface area contributed by atoms with Gasteiger partial charge in [-0.2, -0.15) is 4.37 Å². The van der Waals surface area contributed by atoms with Crippen LogP contribution in [-0.2, 0) is 0 Å². The molecule has 0 fully saturated rings. The Morgan fingerprint density at radius 1 is 1.31 bits per heavy atom. The smallest absolute Gasteiger partial charge is 0.202 e. The van der Waals surface area contributed by atoms with Crippen LogP contribution in [0.5, 0.6) is 0 Å². The monoisotopic (exact) mass is 199 g/mol. The third-order valence-corrected chi connectivity index (χ3v) is 2.60. The molecule has 74 valence electrons. The van der Waals surface area contributed by atoms with Gasteiger partial charge in [-0.1, -0.05) is 26.2 Å². The number of hydrogen-bond acceptors (Lipinski definition) is 4. The maximum Gasteiger partial charge on any atom is 0.202 e. The van der Waals surface area contributed by atoms with Gasteiger partial charge in [0.1, 0.15) is 5.82 Å². The van der Waals surface area contributed by atoms with E-state index in [0.29, 0.717) is 0 Å². The fourth-order valence-corrected chi connectivity index (χ4v) is 1.71. The third-order valence-electron chi connectivity index (χ3n) is 1.83. The van der Waals surface area contributed by atoms with Gasteiger partial charge in [0.05, 0.1) is 0 Å². The van der Waals surface area contributed by atoms with E-state index in [1.165, 1.54) is 37.2 Å². The molecule has 1 aromatic rings. The molecule has 0 aliphatic carbocycles. The van der Waals surface area contributed by atoms with Crippen molar-refractivity contribution in [3.8, 4) is 0 Å². The molecule has 0 bridgehead atoms. The van der Waals surface area contributed by atoms with Crippen molar-refractivity contribution in [3.63, 3.8) is 0 Å². The number of aryl methyl sites for hydroxylation is 1. The van der Waals surface area contributed by atoms with Crippen molar-refractivity contribution in [2.75, 3.05) is 11.9 Å². The van der Waals surface area contributed by atoms with Crippen molar-refractivity contribution < 1.29 is 0 Å². The highest BCUT2D eigenvalue weighted by Gasteiger charge is 1.97. The molecule has 0 aromatic carbocycles. The minimum atomic E-state index is 0.862. The van der Waals surface area contributed by atoms with E-state index < -0.39 is 0 Å². The Kier molecular flexibility index (Phi) is 4.75. The molecule has 3 nitrogen and oxygen atoms in total. The first kappa shape index (κ1) is 10.4. The zero-order valence-corrected chi connectivity index (χ0v) is 9.15. The highest BCUT2D eigenvalue weighted by atomic mass is 32.1. The molecular formula is C9H17N3S. The molecule has 13 heavy (non-hydrogen) atoms. The molecule has 4 heteroatoms. The summed E-state index contributed by atoms with van der Waals surface area (Å²) in [5, 5.41) is 4.22. The average molecular weight is 199 g/mol. The molecule has 0 aliphatic heterocycles. The topological polar surface area (TPSA) is 37.8 Å². The number of anilines is 1. The molecule has 0 amide bonds. The predicted octanol–water partition coefficient (Wildman–Crippen LogP) is 2.84. The zero-order valence-electron chi connectivity index (χ0n) is 8.34. The molecule has 0 unspecified atom stereocenters. The van der Waals surface area contributed by atoms with Crippen molar-refractivity contribution in [2.45, 2.75) is 39.5 Å². The maximum atomic E-state index is 4.22. The van der Waals surface area contributed by atoms with Gasteiger partial charge in [-0.15, -0.1) is 0 Å². The van der Waals surface area contributed by atoms with Gasteiger partial charge >= 0.3 is 0 Å². The van der Waals surface area contributed by atoms with Crippen molar-refractivity contribution in [2.24, 2.45) is 0 Å². The van der Waals surface area contributed by atoms with Crippen LogP contribution >= 0.6 is 11.5 Å². The van der Waals surface area contributed by atoms with Crippen molar-refractivity contribution in [1.29, 1.82) is 0 Å². The summed E-state index contributed by atoms with van der Waals surface area (Å²) >= 11 is 1.44. The molecule has 1 N–H and O–H groups in total.